The van der Waals surface area contributed by atoms with E-state index in [-0.39, 0.29) is 42.0 Å². The average Bonchev–Trinajstić information content (AvgIpc) is 2.90. The molecule has 0 saturated carbocycles. The molecular formula is C36H44F4N2O4. The van der Waals surface area contributed by atoms with Crippen LogP contribution in [-0.2, 0) is 22.2 Å². The van der Waals surface area contributed by atoms with Crippen LogP contribution in [0.15, 0.2) is 41.3 Å². The van der Waals surface area contributed by atoms with Crippen molar-refractivity contribution in [1.29, 1.82) is 0 Å². The Labute approximate surface area is 268 Å². The molecule has 1 aromatic heterocycles. The number of aliphatic carboxylic acids is 1. The van der Waals surface area contributed by atoms with Gasteiger partial charge in [0.2, 0.25) is 0 Å². The minimum Gasteiger partial charge on any atom is -0.481 e. The summed E-state index contributed by atoms with van der Waals surface area (Å²) >= 11 is 0. The number of aromatic nitrogens is 1. The molecule has 0 saturated heterocycles. The quantitative estimate of drug-likeness (QED) is 0.192. The monoisotopic (exact) mass is 644 g/mol. The van der Waals surface area contributed by atoms with E-state index in [0.29, 0.717) is 11.6 Å². The van der Waals surface area contributed by atoms with Crippen LogP contribution in [0.3, 0.4) is 0 Å². The largest absolute Gasteiger partial charge is 0.481 e. The van der Waals surface area contributed by atoms with Gasteiger partial charge >= 0.3 is 12.1 Å². The number of halogens is 4. The maximum absolute atomic E-state index is 15.8. The molecule has 0 radical (unpaired) electrons. The van der Waals surface area contributed by atoms with Gasteiger partial charge in [0.05, 0.1) is 18.0 Å². The number of likely N-dealkylation sites (N-methyl/N-ethyl adjacent to an activating group) is 1. The van der Waals surface area contributed by atoms with Crippen molar-refractivity contribution in [2.24, 2.45) is 5.92 Å². The van der Waals surface area contributed by atoms with E-state index in [2.05, 4.69) is 0 Å². The molecule has 0 aliphatic carbocycles. The normalized spacial score (nSPS) is 13.3. The highest BCUT2D eigenvalue weighted by Crippen LogP contribution is 2.37. The summed E-state index contributed by atoms with van der Waals surface area (Å²) in [6.45, 7) is 11.3. The summed E-state index contributed by atoms with van der Waals surface area (Å²) in [4.78, 5) is 41.0. The zero-order valence-corrected chi connectivity index (χ0v) is 27.8. The minimum absolute atomic E-state index is 0.0124. The number of pyridine rings is 1. The zero-order valence-electron chi connectivity index (χ0n) is 27.8. The van der Waals surface area contributed by atoms with Crippen molar-refractivity contribution in [3.63, 3.8) is 0 Å². The van der Waals surface area contributed by atoms with Gasteiger partial charge in [-0.1, -0.05) is 31.5 Å². The maximum atomic E-state index is 15.8. The lowest BCUT2D eigenvalue weighted by molar-refractivity contribution is -0.139. The standard InChI is InChI=1S/C36H44F4N2O4/c1-20(2)11-30(42-19-25(9-10-41(7)8)29(18-32(42)44)36(38,39)40)31(43)16-26(17-33(45)46)28-15-27(14-24(6)35(28)37)34-22(4)12-21(3)13-23(34)5/h12-15,18-20,26,30H,9-11,16-17H2,1-8H3,(H,45,46)/t26-,30?/m0/s1. The number of nitrogens with zero attached hydrogens (tertiary/aromatic N) is 2. The van der Waals surface area contributed by atoms with Crippen LogP contribution in [0.25, 0.3) is 11.1 Å². The van der Waals surface area contributed by atoms with Crippen LogP contribution in [0.5, 0.6) is 0 Å². The second-order valence-electron chi connectivity index (χ2n) is 13.1. The molecule has 2 aromatic carbocycles. The zero-order chi connectivity index (χ0) is 34.7. The first-order chi connectivity index (χ1) is 21.3. The van der Waals surface area contributed by atoms with Gasteiger partial charge in [0.1, 0.15) is 5.82 Å². The molecular weight excluding hydrogens is 600 g/mol. The van der Waals surface area contributed by atoms with E-state index in [9.17, 15) is 32.7 Å². The van der Waals surface area contributed by atoms with Gasteiger partial charge in [0.15, 0.2) is 5.78 Å². The van der Waals surface area contributed by atoms with Crippen molar-refractivity contribution in [1.82, 2.24) is 9.47 Å². The van der Waals surface area contributed by atoms with E-state index in [1.807, 2.05) is 46.8 Å². The molecule has 1 N–H and O–H groups in total. The van der Waals surface area contributed by atoms with Crippen LogP contribution in [-0.4, -0.2) is 47.0 Å². The SMILES string of the molecule is Cc1cc(C)c(-c2cc(C)c(F)c([C@H](CC(=O)O)CC(=O)C(CC(C)C)n3cc(CCN(C)C)c(C(F)(F)F)cc3=O)c2)c(C)c1. The molecule has 3 aromatic rings. The molecule has 0 fully saturated rings. The van der Waals surface area contributed by atoms with Crippen molar-refractivity contribution in [2.75, 3.05) is 20.6 Å². The number of benzene rings is 2. The second-order valence-corrected chi connectivity index (χ2v) is 13.1. The fourth-order valence-corrected chi connectivity index (χ4v) is 6.24. The number of ketones is 1. The predicted molar refractivity (Wildman–Crippen MR) is 172 cm³/mol. The van der Waals surface area contributed by atoms with Crippen LogP contribution >= 0.6 is 0 Å². The highest BCUT2D eigenvalue weighted by molar-refractivity contribution is 5.84. The molecule has 0 aliphatic heterocycles. The number of carbonyl (C=O) groups is 2. The fourth-order valence-electron chi connectivity index (χ4n) is 6.24. The number of carboxylic acids is 1. The van der Waals surface area contributed by atoms with E-state index in [0.717, 1.165) is 33.0 Å². The third kappa shape index (κ3) is 8.93. The second kappa shape index (κ2) is 14.8. The predicted octanol–water partition coefficient (Wildman–Crippen LogP) is 7.82. The van der Waals surface area contributed by atoms with E-state index >= 15 is 4.39 Å². The Hall–Kier alpha value is -3.79. The molecule has 250 valence electrons. The number of hydrogen-bond acceptors (Lipinski definition) is 4. The lowest BCUT2D eigenvalue weighted by atomic mass is 9.83. The van der Waals surface area contributed by atoms with Gasteiger partial charge in [-0.25, -0.2) is 4.39 Å². The Bertz CT molecular complexity index is 1630. The number of aryl methyl sites for hydroxylation is 4. The molecule has 46 heavy (non-hydrogen) atoms. The molecule has 0 amide bonds. The number of Topliss-reactive ketones (excluding diaryl/α,β-unsaturated/α-hetero) is 1. The molecule has 2 atom stereocenters. The summed E-state index contributed by atoms with van der Waals surface area (Å²) in [6, 6.07) is 6.65. The third-order valence-electron chi connectivity index (χ3n) is 8.26. The third-order valence-corrected chi connectivity index (χ3v) is 8.26. The van der Waals surface area contributed by atoms with Crippen LogP contribution in [0.2, 0.25) is 0 Å². The maximum Gasteiger partial charge on any atom is 0.416 e. The Kier molecular flexibility index (Phi) is 11.8. The summed E-state index contributed by atoms with van der Waals surface area (Å²) in [5.41, 5.74) is 2.76. The van der Waals surface area contributed by atoms with E-state index in [1.165, 1.54) is 0 Å². The molecule has 6 nitrogen and oxygen atoms in total. The number of hydrogen-bond donors (Lipinski definition) is 1. The first-order valence-corrected chi connectivity index (χ1v) is 15.4. The summed E-state index contributed by atoms with van der Waals surface area (Å²) in [5, 5.41) is 9.82. The van der Waals surface area contributed by atoms with Gasteiger partial charge < -0.3 is 14.6 Å². The molecule has 0 aliphatic rings. The molecule has 1 unspecified atom stereocenters. The smallest absolute Gasteiger partial charge is 0.416 e. The van der Waals surface area contributed by atoms with Crippen molar-refractivity contribution < 1.29 is 32.3 Å². The Morgan fingerprint density at radius 2 is 1.54 bits per heavy atom. The molecule has 10 heteroatoms. The number of alkyl halides is 3. The van der Waals surface area contributed by atoms with Crippen LogP contribution < -0.4 is 5.56 Å². The van der Waals surface area contributed by atoms with E-state index < -0.39 is 59.7 Å². The molecule has 3 rings (SSSR count). The Morgan fingerprint density at radius 3 is 2.07 bits per heavy atom. The van der Waals surface area contributed by atoms with Gasteiger partial charge in [-0.05, 0) is 112 Å². The molecule has 0 bridgehead atoms. The summed E-state index contributed by atoms with van der Waals surface area (Å²) in [6.07, 6.45) is -4.52. The van der Waals surface area contributed by atoms with Gasteiger partial charge in [-0.3, -0.25) is 14.4 Å². The summed E-state index contributed by atoms with van der Waals surface area (Å²) in [7, 11) is 3.43. The van der Waals surface area contributed by atoms with Crippen LogP contribution in [0.4, 0.5) is 17.6 Å². The lowest BCUT2D eigenvalue weighted by Gasteiger charge is -2.26. The van der Waals surface area contributed by atoms with Gasteiger partial charge in [-0.15, -0.1) is 0 Å². The number of carbonyl (C=O) groups excluding carboxylic acids is 1. The van der Waals surface area contributed by atoms with E-state index in [1.54, 1.807) is 38.1 Å². The Balaban J connectivity index is 2.15. The van der Waals surface area contributed by atoms with E-state index in [4.69, 9.17) is 0 Å². The molecule has 0 spiro atoms. The van der Waals surface area contributed by atoms with Crippen LogP contribution in [0.1, 0.15) is 84.0 Å². The highest BCUT2D eigenvalue weighted by Gasteiger charge is 2.36. The Morgan fingerprint density at radius 1 is 0.935 bits per heavy atom. The topological polar surface area (TPSA) is 79.6 Å². The minimum atomic E-state index is -4.77. The summed E-state index contributed by atoms with van der Waals surface area (Å²) < 4.78 is 58.6. The first kappa shape index (κ1) is 36.7. The van der Waals surface area contributed by atoms with Crippen molar-refractivity contribution in [3.8, 4) is 11.1 Å². The fraction of sp³-hybridized carbons (Fsp3) is 0.472. The van der Waals surface area contributed by atoms with Gasteiger partial charge in [0.25, 0.3) is 5.56 Å². The van der Waals surface area contributed by atoms with Crippen molar-refractivity contribution in [2.45, 2.75) is 85.4 Å². The highest BCUT2D eigenvalue weighted by atomic mass is 19.4. The van der Waals surface area contributed by atoms with Gasteiger partial charge in [-0.2, -0.15) is 13.2 Å². The average molecular weight is 645 g/mol. The lowest BCUT2D eigenvalue weighted by Crippen LogP contribution is -2.33. The van der Waals surface area contributed by atoms with Gasteiger partial charge in [0, 0.05) is 31.1 Å². The number of carboxylic acid groups (broad SMARTS) is 1. The van der Waals surface area contributed by atoms with Crippen LogP contribution in [0, 0.1) is 39.4 Å². The first-order valence-electron chi connectivity index (χ1n) is 15.4. The summed E-state index contributed by atoms with van der Waals surface area (Å²) in [5.74, 6) is -3.63. The van der Waals surface area contributed by atoms with Crippen molar-refractivity contribution in [3.05, 3.63) is 91.6 Å². The van der Waals surface area contributed by atoms with Crippen molar-refractivity contribution >= 4 is 11.8 Å². The number of rotatable bonds is 13. The molecule has 1 heterocycles.